The monoisotopic (exact) mass is 331 g/mol. The van der Waals surface area contributed by atoms with Gasteiger partial charge in [0.1, 0.15) is 0 Å². The predicted octanol–water partition coefficient (Wildman–Crippen LogP) is 4.66. The van der Waals surface area contributed by atoms with E-state index in [1.807, 2.05) is 68.4 Å². The zero-order chi connectivity index (χ0) is 17.2. The zero-order valence-electron chi connectivity index (χ0n) is 14.1. The molecule has 4 rings (SSSR count). The molecule has 2 aromatic heterocycles. The molecule has 0 radical (unpaired) electrons. The molecule has 0 spiro atoms. The first kappa shape index (κ1) is 15.3. The van der Waals surface area contributed by atoms with Gasteiger partial charge in [-0.3, -0.25) is 0 Å². The molecule has 25 heavy (non-hydrogen) atoms. The van der Waals surface area contributed by atoms with Crippen molar-refractivity contribution in [2.75, 3.05) is 6.61 Å². The second-order valence-electron chi connectivity index (χ2n) is 5.71. The van der Waals surface area contributed by atoms with Crippen molar-refractivity contribution in [2.45, 2.75) is 13.8 Å². The summed E-state index contributed by atoms with van der Waals surface area (Å²) in [4.78, 5) is 9.20. The molecule has 124 valence electrons. The van der Waals surface area contributed by atoms with Crippen molar-refractivity contribution in [1.29, 1.82) is 0 Å². The third-order valence-electron chi connectivity index (χ3n) is 3.98. The molecule has 2 heterocycles. The number of fused-ring (bicyclic) bond motifs is 1. The molecule has 0 saturated heterocycles. The number of para-hydroxylation sites is 1. The molecule has 0 amide bonds. The van der Waals surface area contributed by atoms with E-state index < -0.39 is 0 Å². The molecular formula is C20H17N3O2. The lowest BCUT2D eigenvalue weighted by Crippen LogP contribution is -1.99. The van der Waals surface area contributed by atoms with E-state index >= 15 is 0 Å². The van der Waals surface area contributed by atoms with Gasteiger partial charge in [0, 0.05) is 10.9 Å². The molecule has 5 heteroatoms. The number of hydrogen-bond acceptors (Lipinski definition) is 5. The molecule has 2 aromatic carbocycles. The first-order valence-electron chi connectivity index (χ1n) is 8.19. The highest BCUT2D eigenvalue weighted by molar-refractivity contribution is 5.87. The minimum Gasteiger partial charge on any atom is -0.477 e. The molecule has 0 atom stereocenters. The van der Waals surface area contributed by atoms with Crippen LogP contribution < -0.4 is 4.74 Å². The standard InChI is InChI=1S/C20H17N3O2/c1-3-24-20-16(12-15-11-7-8-13(2)17(15)21-20)18-22-19(25-23-18)14-9-5-4-6-10-14/h4-12H,3H2,1-2H3. The van der Waals surface area contributed by atoms with Gasteiger partial charge in [-0.2, -0.15) is 4.98 Å². The van der Waals surface area contributed by atoms with E-state index in [4.69, 9.17) is 9.26 Å². The Hall–Kier alpha value is -3.21. The highest BCUT2D eigenvalue weighted by atomic mass is 16.5. The average molecular weight is 331 g/mol. The van der Waals surface area contributed by atoms with Crippen molar-refractivity contribution in [3.63, 3.8) is 0 Å². The molecule has 0 unspecified atom stereocenters. The van der Waals surface area contributed by atoms with Crippen molar-refractivity contribution in [1.82, 2.24) is 15.1 Å². The Balaban J connectivity index is 1.85. The van der Waals surface area contributed by atoms with Gasteiger partial charge in [0.15, 0.2) is 0 Å². The largest absolute Gasteiger partial charge is 0.477 e. The molecule has 4 aromatic rings. The van der Waals surface area contributed by atoms with Crippen LogP contribution in [0.4, 0.5) is 0 Å². The fourth-order valence-corrected chi connectivity index (χ4v) is 2.77. The number of benzene rings is 2. The van der Waals surface area contributed by atoms with Crippen LogP contribution in [0.15, 0.2) is 59.1 Å². The second kappa shape index (κ2) is 6.36. The normalized spacial score (nSPS) is 11.0. The van der Waals surface area contributed by atoms with E-state index in [2.05, 4.69) is 15.1 Å². The summed E-state index contributed by atoms with van der Waals surface area (Å²) in [5.41, 5.74) is 3.62. The third-order valence-corrected chi connectivity index (χ3v) is 3.98. The van der Waals surface area contributed by atoms with Crippen molar-refractivity contribution < 1.29 is 9.26 Å². The maximum Gasteiger partial charge on any atom is 0.258 e. The maximum atomic E-state index is 5.74. The fraction of sp³-hybridized carbons (Fsp3) is 0.150. The van der Waals surface area contributed by atoms with Crippen molar-refractivity contribution >= 4 is 10.9 Å². The summed E-state index contributed by atoms with van der Waals surface area (Å²) in [6.07, 6.45) is 0. The lowest BCUT2D eigenvalue weighted by atomic mass is 10.1. The zero-order valence-corrected chi connectivity index (χ0v) is 14.1. The van der Waals surface area contributed by atoms with Crippen molar-refractivity contribution in [2.24, 2.45) is 0 Å². The Bertz CT molecular complexity index is 1030. The summed E-state index contributed by atoms with van der Waals surface area (Å²) in [6, 6.07) is 17.7. The van der Waals surface area contributed by atoms with E-state index in [0.717, 1.165) is 27.6 Å². The molecule has 0 aliphatic rings. The highest BCUT2D eigenvalue weighted by Crippen LogP contribution is 2.32. The van der Waals surface area contributed by atoms with E-state index in [9.17, 15) is 0 Å². The number of aryl methyl sites for hydroxylation is 1. The minimum absolute atomic E-state index is 0.471. The number of ether oxygens (including phenoxy) is 1. The SMILES string of the molecule is CCOc1nc2c(C)cccc2cc1-c1noc(-c2ccccc2)n1. The topological polar surface area (TPSA) is 61.0 Å². The molecule has 0 N–H and O–H groups in total. The molecule has 5 nitrogen and oxygen atoms in total. The summed E-state index contributed by atoms with van der Waals surface area (Å²) < 4.78 is 11.2. The Morgan fingerprint density at radius 3 is 2.64 bits per heavy atom. The second-order valence-corrected chi connectivity index (χ2v) is 5.71. The molecule has 0 aliphatic carbocycles. The quantitative estimate of drug-likeness (QED) is 0.544. The molecule has 0 aliphatic heterocycles. The van der Waals surface area contributed by atoms with Gasteiger partial charge in [0.2, 0.25) is 11.7 Å². The van der Waals surface area contributed by atoms with E-state index in [1.54, 1.807) is 0 Å². The Morgan fingerprint density at radius 2 is 1.84 bits per heavy atom. The maximum absolute atomic E-state index is 5.74. The number of rotatable bonds is 4. The average Bonchev–Trinajstić information content (AvgIpc) is 3.13. The van der Waals surface area contributed by atoms with Gasteiger partial charge in [-0.1, -0.05) is 41.6 Å². The van der Waals surface area contributed by atoms with Crippen LogP contribution in [0.5, 0.6) is 5.88 Å². The van der Waals surface area contributed by atoms with Crippen molar-refractivity contribution in [3.8, 4) is 28.7 Å². The van der Waals surface area contributed by atoms with E-state index in [-0.39, 0.29) is 0 Å². The summed E-state index contributed by atoms with van der Waals surface area (Å²) in [5.74, 6) is 1.46. The van der Waals surface area contributed by atoms with Gasteiger partial charge >= 0.3 is 0 Å². The molecule has 0 bridgehead atoms. The highest BCUT2D eigenvalue weighted by Gasteiger charge is 2.17. The van der Waals surface area contributed by atoms with E-state index in [1.165, 1.54) is 0 Å². The minimum atomic E-state index is 0.471. The van der Waals surface area contributed by atoms with Gasteiger partial charge in [0.25, 0.3) is 5.89 Å². The lowest BCUT2D eigenvalue weighted by molar-refractivity contribution is 0.329. The fourth-order valence-electron chi connectivity index (χ4n) is 2.77. The Morgan fingerprint density at radius 1 is 1.00 bits per heavy atom. The lowest BCUT2D eigenvalue weighted by Gasteiger charge is -2.09. The summed E-state index contributed by atoms with van der Waals surface area (Å²) in [7, 11) is 0. The molecule has 0 saturated carbocycles. The van der Waals surface area contributed by atoms with Gasteiger partial charge in [-0.05, 0) is 37.6 Å². The van der Waals surface area contributed by atoms with Gasteiger partial charge in [-0.15, -0.1) is 0 Å². The Kier molecular flexibility index (Phi) is 3.90. The smallest absolute Gasteiger partial charge is 0.258 e. The van der Waals surface area contributed by atoms with Crippen LogP contribution in [0, 0.1) is 6.92 Å². The molecular weight excluding hydrogens is 314 g/mol. The van der Waals surface area contributed by atoms with Gasteiger partial charge < -0.3 is 9.26 Å². The number of aromatic nitrogens is 3. The summed E-state index contributed by atoms with van der Waals surface area (Å²) >= 11 is 0. The molecule has 0 fully saturated rings. The third kappa shape index (κ3) is 2.85. The summed E-state index contributed by atoms with van der Waals surface area (Å²) in [5, 5.41) is 5.15. The van der Waals surface area contributed by atoms with Gasteiger partial charge in [-0.25, -0.2) is 4.98 Å². The van der Waals surface area contributed by atoms with Crippen molar-refractivity contribution in [3.05, 3.63) is 60.2 Å². The number of pyridine rings is 1. The number of nitrogens with zero attached hydrogens (tertiary/aromatic N) is 3. The van der Waals surface area contributed by atoms with E-state index in [0.29, 0.717) is 24.2 Å². The Labute approximate surface area is 145 Å². The van der Waals surface area contributed by atoms with Crippen LogP contribution in [-0.4, -0.2) is 21.7 Å². The number of hydrogen-bond donors (Lipinski definition) is 0. The van der Waals surface area contributed by atoms with Crippen LogP contribution in [0.2, 0.25) is 0 Å². The van der Waals surface area contributed by atoms with Gasteiger partial charge in [0.05, 0.1) is 17.7 Å². The summed E-state index contributed by atoms with van der Waals surface area (Å²) in [6.45, 7) is 4.48. The van der Waals surface area contributed by atoms with Crippen LogP contribution in [-0.2, 0) is 0 Å². The first-order valence-corrected chi connectivity index (χ1v) is 8.19. The van der Waals surface area contributed by atoms with Crippen LogP contribution >= 0.6 is 0 Å². The first-order chi connectivity index (χ1) is 12.3. The predicted molar refractivity (Wildman–Crippen MR) is 96.4 cm³/mol. The van der Waals surface area contributed by atoms with Crippen LogP contribution in [0.1, 0.15) is 12.5 Å². The van der Waals surface area contributed by atoms with Crippen LogP contribution in [0.3, 0.4) is 0 Å². The van der Waals surface area contributed by atoms with Crippen LogP contribution in [0.25, 0.3) is 33.7 Å².